The first kappa shape index (κ1) is 15.5. The Morgan fingerprint density at radius 2 is 1.85 bits per heavy atom. The van der Waals surface area contributed by atoms with Gasteiger partial charge in [0.2, 0.25) is 0 Å². The highest BCUT2D eigenvalue weighted by Crippen LogP contribution is 2.39. The minimum absolute atomic E-state index is 0.0133. The van der Waals surface area contributed by atoms with Crippen LogP contribution in [0.1, 0.15) is 38.7 Å². The minimum Gasteiger partial charge on any atom is -0.329 e. The van der Waals surface area contributed by atoms with E-state index in [4.69, 9.17) is 5.73 Å². The normalized spacial score (nSPS) is 30.7. The smallest absolute Gasteiger partial charge is 0.127 e. The molecule has 2 nitrogen and oxygen atoms in total. The molecule has 2 unspecified atom stereocenters. The van der Waals surface area contributed by atoms with Gasteiger partial charge < -0.3 is 5.73 Å². The number of benzene rings is 1. The molecule has 20 heavy (non-hydrogen) atoms. The first-order valence-corrected chi connectivity index (χ1v) is 7.61. The van der Waals surface area contributed by atoms with E-state index in [2.05, 4.69) is 25.8 Å². The van der Waals surface area contributed by atoms with E-state index in [1.165, 1.54) is 12.5 Å². The minimum atomic E-state index is -0.122. The second kappa shape index (κ2) is 6.23. The summed E-state index contributed by atoms with van der Waals surface area (Å²) < 4.78 is 13.8. The third-order valence-electron chi connectivity index (χ3n) is 4.82. The zero-order valence-electron chi connectivity index (χ0n) is 12.9. The van der Waals surface area contributed by atoms with E-state index in [1.54, 1.807) is 6.07 Å². The molecular formula is C17H27FN2. The number of hydrogen-bond donors (Lipinski definition) is 1. The third kappa shape index (κ3) is 3.21. The van der Waals surface area contributed by atoms with Crippen molar-refractivity contribution in [1.82, 2.24) is 4.90 Å². The predicted octanol–water partition coefficient (Wildman–Crippen LogP) is 3.41. The summed E-state index contributed by atoms with van der Waals surface area (Å²) >= 11 is 0. The topological polar surface area (TPSA) is 29.3 Å². The van der Waals surface area contributed by atoms with E-state index in [9.17, 15) is 4.39 Å². The van der Waals surface area contributed by atoms with Crippen molar-refractivity contribution < 1.29 is 4.39 Å². The van der Waals surface area contributed by atoms with Gasteiger partial charge in [-0.2, -0.15) is 0 Å². The molecule has 1 aromatic carbocycles. The fraction of sp³-hybridized carbons (Fsp3) is 0.647. The van der Waals surface area contributed by atoms with Crippen LogP contribution in [0.25, 0.3) is 0 Å². The summed E-state index contributed by atoms with van der Waals surface area (Å²) in [7, 11) is 2.09. The number of nitrogens with zero attached hydrogens (tertiary/aromatic N) is 1. The summed E-state index contributed by atoms with van der Waals surface area (Å²) in [5.41, 5.74) is 6.89. The van der Waals surface area contributed by atoms with Crippen LogP contribution < -0.4 is 5.73 Å². The van der Waals surface area contributed by atoms with Crippen LogP contribution in [-0.2, 0) is 6.54 Å². The van der Waals surface area contributed by atoms with Crippen LogP contribution >= 0.6 is 0 Å². The van der Waals surface area contributed by atoms with E-state index in [1.807, 2.05) is 12.1 Å². The molecule has 0 saturated heterocycles. The molecule has 0 heterocycles. The fourth-order valence-corrected chi connectivity index (χ4v) is 3.92. The molecule has 2 rings (SSSR count). The quantitative estimate of drug-likeness (QED) is 0.914. The van der Waals surface area contributed by atoms with E-state index < -0.39 is 0 Å². The largest absolute Gasteiger partial charge is 0.329 e. The maximum Gasteiger partial charge on any atom is 0.127 e. The van der Waals surface area contributed by atoms with Crippen LogP contribution in [0.3, 0.4) is 0 Å². The first-order chi connectivity index (χ1) is 9.47. The molecule has 0 spiro atoms. The Kier molecular flexibility index (Phi) is 4.82. The lowest BCUT2D eigenvalue weighted by Crippen LogP contribution is -2.55. The lowest BCUT2D eigenvalue weighted by atomic mass is 9.70. The summed E-state index contributed by atoms with van der Waals surface area (Å²) in [6.45, 7) is 5.88. The number of rotatable bonds is 4. The van der Waals surface area contributed by atoms with Crippen molar-refractivity contribution in [3.05, 3.63) is 35.6 Å². The summed E-state index contributed by atoms with van der Waals surface area (Å²) in [6, 6.07) is 7.03. The molecule has 1 aliphatic carbocycles. The van der Waals surface area contributed by atoms with Crippen molar-refractivity contribution in [2.45, 2.75) is 45.2 Å². The van der Waals surface area contributed by atoms with Gasteiger partial charge in [0.1, 0.15) is 5.82 Å². The summed E-state index contributed by atoms with van der Waals surface area (Å²) in [4.78, 5) is 2.28. The highest BCUT2D eigenvalue weighted by atomic mass is 19.1. The van der Waals surface area contributed by atoms with Gasteiger partial charge in [-0.1, -0.05) is 32.0 Å². The second-order valence-electron chi connectivity index (χ2n) is 6.73. The summed E-state index contributed by atoms with van der Waals surface area (Å²) in [5, 5.41) is 0. The van der Waals surface area contributed by atoms with Crippen molar-refractivity contribution in [2.75, 3.05) is 13.6 Å². The molecule has 0 radical (unpaired) electrons. The molecule has 0 bridgehead atoms. The van der Waals surface area contributed by atoms with Gasteiger partial charge in [0.15, 0.2) is 0 Å². The predicted molar refractivity (Wildman–Crippen MR) is 81.8 cm³/mol. The van der Waals surface area contributed by atoms with Gasteiger partial charge in [0.25, 0.3) is 0 Å². The van der Waals surface area contributed by atoms with E-state index in [0.29, 0.717) is 24.9 Å². The van der Waals surface area contributed by atoms with E-state index >= 15 is 0 Å². The van der Waals surface area contributed by atoms with Crippen molar-refractivity contribution in [2.24, 2.45) is 17.6 Å². The Morgan fingerprint density at radius 3 is 2.40 bits per heavy atom. The molecule has 3 heteroatoms. The molecule has 2 N–H and O–H groups in total. The Bertz CT molecular complexity index is 436. The van der Waals surface area contributed by atoms with Crippen LogP contribution in [0.2, 0.25) is 0 Å². The Hall–Kier alpha value is -0.930. The van der Waals surface area contributed by atoms with Crippen molar-refractivity contribution in [3.63, 3.8) is 0 Å². The molecule has 2 atom stereocenters. The fourth-order valence-electron chi connectivity index (χ4n) is 3.92. The molecule has 1 aliphatic rings. The first-order valence-electron chi connectivity index (χ1n) is 7.61. The van der Waals surface area contributed by atoms with Gasteiger partial charge >= 0.3 is 0 Å². The zero-order valence-corrected chi connectivity index (χ0v) is 12.9. The zero-order chi connectivity index (χ0) is 14.8. The van der Waals surface area contributed by atoms with Crippen LogP contribution in [-0.4, -0.2) is 24.0 Å². The van der Waals surface area contributed by atoms with Crippen LogP contribution in [0.15, 0.2) is 24.3 Å². The van der Waals surface area contributed by atoms with E-state index in [-0.39, 0.29) is 11.4 Å². The van der Waals surface area contributed by atoms with Gasteiger partial charge in [-0.25, -0.2) is 4.39 Å². The van der Waals surface area contributed by atoms with E-state index in [0.717, 1.165) is 18.4 Å². The average Bonchev–Trinajstić information content (AvgIpc) is 2.40. The highest BCUT2D eigenvalue weighted by molar-refractivity contribution is 5.17. The molecule has 1 saturated carbocycles. The highest BCUT2D eigenvalue weighted by Gasteiger charge is 2.40. The lowest BCUT2D eigenvalue weighted by Gasteiger charge is -2.48. The van der Waals surface area contributed by atoms with Crippen molar-refractivity contribution in [1.29, 1.82) is 0 Å². The Morgan fingerprint density at radius 1 is 1.25 bits per heavy atom. The third-order valence-corrected chi connectivity index (χ3v) is 4.82. The lowest BCUT2D eigenvalue weighted by molar-refractivity contribution is 0.0326. The molecular weight excluding hydrogens is 251 g/mol. The van der Waals surface area contributed by atoms with Gasteiger partial charge in [0.05, 0.1) is 0 Å². The van der Waals surface area contributed by atoms with Gasteiger partial charge in [-0.15, -0.1) is 0 Å². The molecule has 0 amide bonds. The molecule has 0 aromatic heterocycles. The summed E-state index contributed by atoms with van der Waals surface area (Å²) in [5.74, 6) is 1.25. The number of nitrogens with two attached hydrogens (primary N) is 1. The molecule has 1 fully saturated rings. The number of likely N-dealkylation sites (N-methyl/N-ethyl adjacent to an activating group) is 1. The van der Waals surface area contributed by atoms with Gasteiger partial charge in [-0.05, 0) is 44.2 Å². The van der Waals surface area contributed by atoms with Crippen LogP contribution in [0.5, 0.6) is 0 Å². The monoisotopic (exact) mass is 278 g/mol. The van der Waals surface area contributed by atoms with Crippen LogP contribution in [0.4, 0.5) is 4.39 Å². The maximum atomic E-state index is 13.8. The maximum absolute atomic E-state index is 13.8. The van der Waals surface area contributed by atoms with Crippen molar-refractivity contribution in [3.8, 4) is 0 Å². The summed E-state index contributed by atoms with van der Waals surface area (Å²) in [6.07, 6.45) is 3.49. The Labute approximate surface area is 122 Å². The van der Waals surface area contributed by atoms with Crippen LogP contribution in [0, 0.1) is 17.7 Å². The standard InChI is InChI=1S/C17H27FN2/c1-13-8-14(2)10-17(9-13,12-19)20(3)11-15-6-4-5-7-16(15)18/h4-7,13-14H,8-12,19H2,1-3H3. The van der Waals surface area contributed by atoms with Crippen molar-refractivity contribution >= 4 is 0 Å². The number of halogens is 1. The molecule has 1 aromatic rings. The average molecular weight is 278 g/mol. The number of hydrogen-bond acceptors (Lipinski definition) is 2. The van der Waals surface area contributed by atoms with Gasteiger partial charge in [-0.3, -0.25) is 4.90 Å². The SMILES string of the molecule is CC1CC(C)CC(CN)(N(C)Cc2ccccc2F)C1. The molecule has 112 valence electrons. The van der Waals surface area contributed by atoms with Gasteiger partial charge in [0, 0.05) is 24.2 Å². The Balaban J connectivity index is 2.16. The molecule has 0 aliphatic heterocycles. The second-order valence-corrected chi connectivity index (χ2v) is 6.73.